The van der Waals surface area contributed by atoms with E-state index in [-0.39, 0.29) is 11.8 Å². The maximum atomic E-state index is 13.1. The number of amides is 1. The fourth-order valence-corrected chi connectivity index (χ4v) is 3.06. The van der Waals surface area contributed by atoms with E-state index in [4.69, 9.17) is 4.98 Å². The fourth-order valence-electron chi connectivity index (χ4n) is 3.06. The first-order chi connectivity index (χ1) is 12.0. The molecule has 128 valence electrons. The largest absolute Gasteiger partial charge is 0.321 e. The lowest BCUT2D eigenvalue weighted by Crippen LogP contribution is -2.15. The average molecular weight is 332 g/mol. The van der Waals surface area contributed by atoms with Crippen LogP contribution in [0, 0.1) is 6.92 Å². The monoisotopic (exact) mass is 332 g/mol. The van der Waals surface area contributed by atoms with Crippen LogP contribution in [0.1, 0.15) is 53.9 Å². The van der Waals surface area contributed by atoms with E-state index in [0.29, 0.717) is 5.56 Å². The lowest BCUT2D eigenvalue weighted by molar-refractivity contribution is 0.102. The highest BCUT2D eigenvalue weighted by Crippen LogP contribution is 2.26. The smallest absolute Gasteiger partial charge is 0.256 e. The topological polar surface area (TPSA) is 42.0 Å². The van der Waals surface area contributed by atoms with E-state index in [1.165, 1.54) is 0 Å². The van der Waals surface area contributed by atoms with E-state index in [1.807, 2.05) is 49.4 Å². The van der Waals surface area contributed by atoms with E-state index < -0.39 is 0 Å². The van der Waals surface area contributed by atoms with Crippen LogP contribution in [0.3, 0.4) is 0 Å². The average Bonchev–Trinajstić information content (AvgIpc) is 2.62. The molecule has 3 heteroatoms. The lowest BCUT2D eigenvalue weighted by atomic mass is 10.0. The number of carbonyl (C=O) groups excluding carboxylic acids is 1. The molecule has 0 fully saturated rings. The van der Waals surface area contributed by atoms with Crippen LogP contribution in [0.25, 0.3) is 10.9 Å². The van der Waals surface area contributed by atoms with Crippen molar-refractivity contribution in [1.29, 1.82) is 0 Å². The van der Waals surface area contributed by atoms with Crippen LogP contribution >= 0.6 is 0 Å². The maximum absolute atomic E-state index is 13.1. The molecule has 0 spiro atoms. The van der Waals surface area contributed by atoms with Crippen molar-refractivity contribution in [3.8, 4) is 0 Å². The van der Waals surface area contributed by atoms with Gasteiger partial charge >= 0.3 is 0 Å². The zero-order chi connectivity index (χ0) is 18.0. The Morgan fingerprint density at radius 3 is 2.60 bits per heavy atom. The van der Waals surface area contributed by atoms with E-state index >= 15 is 0 Å². The molecular formula is C22H24N2O. The predicted octanol–water partition coefficient (Wildman–Crippen LogP) is 5.48. The third-order valence-electron chi connectivity index (χ3n) is 4.55. The van der Waals surface area contributed by atoms with Crippen LogP contribution in [-0.4, -0.2) is 10.9 Å². The molecule has 0 aliphatic heterocycles. The number of anilines is 1. The van der Waals surface area contributed by atoms with Crippen LogP contribution < -0.4 is 5.32 Å². The fraction of sp³-hybridized carbons (Fsp3) is 0.273. The van der Waals surface area contributed by atoms with Crippen molar-refractivity contribution in [3.05, 3.63) is 70.9 Å². The molecule has 1 heterocycles. The highest BCUT2D eigenvalue weighted by molar-refractivity contribution is 6.12. The van der Waals surface area contributed by atoms with Crippen molar-refractivity contribution in [3.63, 3.8) is 0 Å². The minimum atomic E-state index is -0.0792. The number of fused-ring (bicyclic) bond motifs is 1. The van der Waals surface area contributed by atoms with Gasteiger partial charge in [0.15, 0.2) is 0 Å². The van der Waals surface area contributed by atoms with Crippen molar-refractivity contribution >= 4 is 22.5 Å². The van der Waals surface area contributed by atoms with Crippen molar-refractivity contribution in [2.75, 3.05) is 5.32 Å². The van der Waals surface area contributed by atoms with E-state index in [9.17, 15) is 4.79 Å². The number of benzene rings is 2. The first-order valence-electron chi connectivity index (χ1n) is 8.80. The molecule has 0 bridgehead atoms. The molecule has 0 aliphatic carbocycles. The maximum Gasteiger partial charge on any atom is 0.256 e. The van der Waals surface area contributed by atoms with Gasteiger partial charge in [0.25, 0.3) is 5.91 Å². The summed E-state index contributed by atoms with van der Waals surface area (Å²) in [5.41, 5.74) is 5.62. The van der Waals surface area contributed by atoms with Gasteiger partial charge in [0.1, 0.15) is 0 Å². The molecule has 3 rings (SSSR count). The summed E-state index contributed by atoms with van der Waals surface area (Å²) < 4.78 is 0. The Morgan fingerprint density at radius 2 is 1.88 bits per heavy atom. The zero-order valence-electron chi connectivity index (χ0n) is 15.3. The van der Waals surface area contributed by atoms with Gasteiger partial charge in [-0.3, -0.25) is 9.78 Å². The molecule has 0 saturated heterocycles. The number of carbonyl (C=O) groups is 1. The van der Waals surface area contributed by atoms with Crippen LogP contribution in [0.5, 0.6) is 0 Å². The molecule has 3 aromatic rings. The molecule has 1 N–H and O–H groups in total. The Kier molecular flexibility index (Phi) is 4.84. The highest BCUT2D eigenvalue weighted by atomic mass is 16.1. The highest BCUT2D eigenvalue weighted by Gasteiger charge is 2.16. The Labute approximate surface area is 149 Å². The quantitative estimate of drug-likeness (QED) is 0.687. The lowest BCUT2D eigenvalue weighted by Gasteiger charge is -2.15. The normalized spacial score (nSPS) is 11.1. The van der Waals surface area contributed by atoms with Crippen LogP contribution in [0.15, 0.2) is 48.5 Å². The minimum absolute atomic E-state index is 0.0792. The van der Waals surface area contributed by atoms with Gasteiger partial charge in [-0.15, -0.1) is 0 Å². The molecular weight excluding hydrogens is 308 g/mol. The first kappa shape index (κ1) is 17.2. The summed E-state index contributed by atoms with van der Waals surface area (Å²) in [5.74, 6) is 0.185. The number of hydrogen-bond acceptors (Lipinski definition) is 2. The number of pyridine rings is 1. The number of nitrogens with zero attached hydrogens (tertiary/aromatic N) is 1. The van der Waals surface area contributed by atoms with E-state index in [1.54, 1.807) is 0 Å². The first-order valence-corrected chi connectivity index (χ1v) is 8.80. The van der Waals surface area contributed by atoms with Gasteiger partial charge in [-0.05, 0) is 42.5 Å². The van der Waals surface area contributed by atoms with Crippen LogP contribution in [0.2, 0.25) is 0 Å². The summed E-state index contributed by atoms with van der Waals surface area (Å²) in [6.07, 6.45) is 0.881. The Balaban J connectivity index is 2.09. The summed E-state index contributed by atoms with van der Waals surface area (Å²) in [6, 6.07) is 15.9. The van der Waals surface area contributed by atoms with Crippen molar-refractivity contribution in [1.82, 2.24) is 4.98 Å². The number of rotatable bonds is 4. The molecule has 0 unspecified atom stereocenters. The molecule has 2 aromatic carbocycles. The molecule has 0 saturated carbocycles. The summed E-state index contributed by atoms with van der Waals surface area (Å²) >= 11 is 0. The van der Waals surface area contributed by atoms with E-state index in [2.05, 4.69) is 32.2 Å². The predicted molar refractivity (Wildman–Crippen MR) is 104 cm³/mol. The molecule has 1 amide bonds. The molecule has 1 aromatic heterocycles. The molecule has 0 radical (unpaired) electrons. The number of nitrogens with one attached hydrogen (secondary N) is 1. The summed E-state index contributed by atoms with van der Waals surface area (Å²) in [5, 5.41) is 4.02. The summed E-state index contributed by atoms with van der Waals surface area (Å²) in [6.45, 7) is 8.31. The van der Waals surface area contributed by atoms with Crippen molar-refractivity contribution in [2.24, 2.45) is 0 Å². The molecule has 0 aliphatic rings. The van der Waals surface area contributed by atoms with Gasteiger partial charge in [0, 0.05) is 16.8 Å². The number of hydrogen-bond donors (Lipinski definition) is 1. The van der Waals surface area contributed by atoms with Crippen LogP contribution in [-0.2, 0) is 6.42 Å². The second kappa shape index (κ2) is 7.06. The Morgan fingerprint density at radius 1 is 1.12 bits per heavy atom. The molecule has 0 atom stereocenters. The number of aromatic nitrogens is 1. The van der Waals surface area contributed by atoms with Gasteiger partial charge in [-0.25, -0.2) is 0 Å². The van der Waals surface area contributed by atoms with Gasteiger partial charge in [-0.2, -0.15) is 0 Å². The number of para-hydroxylation sites is 2. The summed E-state index contributed by atoms with van der Waals surface area (Å²) in [4.78, 5) is 17.8. The Hall–Kier alpha value is -2.68. The van der Waals surface area contributed by atoms with Gasteiger partial charge in [0.2, 0.25) is 0 Å². The second-order valence-corrected chi connectivity index (χ2v) is 6.68. The van der Waals surface area contributed by atoms with Crippen molar-refractivity contribution in [2.45, 2.75) is 40.0 Å². The minimum Gasteiger partial charge on any atom is -0.321 e. The SMILES string of the molecule is CCc1cccc(C)c1NC(=O)c1cc(C(C)C)nc2ccccc12. The summed E-state index contributed by atoms with van der Waals surface area (Å²) in [7, 11) is 0. The standard InChI is InChI=1S/C22H24N2O/c1-5-16-10-8-9-15(4)21(16)24-22(25)18-13-20(14(2)3)23-19-12-7-6-11-17(18)19/h6-14H,5H2,1-4H3,(H,24,25). The van der Waals surface area contributed by atoms with Gasteiger partial charge in [-0.1, -0.05) is 57.2 Å². The van der Waals surface area contributed by atoms with Gasteiger partial charge < -0.3 is 5.32 Å². The molecule has 25 heavy (non-hydrogen) atoms. The van der Waals surface area contributed by atoms with Gasteiger partial charge in [0.05, 0.1) is 11.1 Å². The van der Waals surface area contributed by atoms with Crippen molar-refractivity contribution < 1.29 is 4.79 Å². The van der Waals surface area contributed by atoms with E-state index in [0.717, 1.165) is 39.8 Å². The number of aryl methyl sites for hydroxylation is 2. The Bertz CT molecular complexity index is 928. The second-order valence-electron chi connectivity index (χ2n) is 6.68. The third kappa shape index (κ3) is 3.41. The zero-order valence-corrected chi connectivity index (χ0v) is 15.3. The van der Waals surface area contributed by atoms with Crippen LogP contribution in [0.4, 0.5) is 5.69 Å². The molecule has 3 nitrogen and oxygen atoms in total. The third-order valence-corrected chi connectivity index (χ3v) is 4.55.